The number of furan rings is 1. The van der Waals surface area contributed by atoms with Crippen molar-refractivity contribution in [2.75, 3.05) is 9.80 Å². The van der Waals surface area contributed by atoms with Gasteiger partial charge in [0.25, 0.3) is 0 Å². The number of nitrogens with zero attached hydrogens (tertiary/aromatic N) is 2. The molecule has 0 saturated carbocycles. The van der Waals surface area contributed by atoms with E-state index in [0.717, 1.165) is 78.3 Å². The Morgan fingerprint density at radius 3 is 1.42 bits per heavy atom. The van der Waals surface area contributed by atoms with Crippen LogP contribution in [0.3, 0.4) is 0 Å². The molecule has 1 aromatic heterocycles. The molecule has 0 spiro atoms. The molecule has 10 rings (SSSR count). The maximum Gasteiger partial charge on any atom is 0.136 e. The third-order valence-electron chi connectivity index (χ3n) is 10.7. The summed E-state index contributed by atoms with van der Waals surface area (Å²) in [5.74, 6) is 0. The summed E-state index contributed by atoms with van der Waals surface area (Å²) in [6.07, 6.45) is 0. The number of hydrogen-bond donors (Lipinski definition) is 0. The molecule has 10 aromatic rings. The lowest BCUT2D eigenvalue weighted by molar-refractivity contribution is 0.669. The molecule has 0 unspecified atom stereocenters. The van der Waals surface area contributed by atoms with Gasteiger partial charge in [-0.25, -0.2) is 0 Å². The van der Waals surface area contributed by atoms with Crippen LogP contribution in [-0.2, 0) is 0 Å². The van der Waals surface area contributed by atoms with Crippen molar-refractivity contribution in [3.8, 4) is 33.4 Å². The Kier molecular flexibility index (Phi) is 8.86. The number of rotatable bonds is 9. The average Bonchev–Trinajstić information content (AvgIpc) is 3.67. The highest BCUT2D eigenvalue weighted by molar-refractivity contribution is 6.06. The Hall–Kier alpha value is -7.62. The summed E-state index contributed by atoms with van der Waals surface area (Å²) in [5, 5.41) is 2.27. The zero-order valence-electron chi connectivity index (χ0n) is 31.2. The number of fused-ring (bicyclic) bond motifs is 3. The minimum Gasteiger partial charge on any atom is -0.456 e. The van der Waals surface area contributed by atoms with Gasteiger partial charge >= 0.3 is 0 Å². The van der Waals surface area contributed by atoms with Crippen LogP contribution in [0, 0.1) is 0 Å². The van der Waals surface area contributed by atoms with Crippen molar-refractivity contribution in [3.05, 3.63) is 231 Å². The maximum atomic E-state index is 6.24. The molecule has 0 fully saturated rings. The maximum absolute atomic E-state index is 6.24. The smallest absolute Gasteiger partial charge is 0.136 e. The van der Waals surface area contributed by atoms with Crippen LogP contribution in [0.15, 0.2) is 235 Å². The first-order chi connectivity index (χ1) is 28.3. The predicted octanol–water partition coefficient (Wildman–Crippen LogP) is 15.5. The summed E-state index contributed by atoms with van der Waals surface area (Å²) in [5.41, 5.74) is 15.2. The van der Waals surface area contributed by atoms with Gasteiger partial charge in [0.05, 0.1) is 5.69 Å². The third kappa shape index (κ3) is 6.62. The quantitative estimate of drug-likeness (QED) is 0.147. The van der Waals surface area contributed by atoms with Gasteiger partial charge in [-0.3, -0.25) is 0 Å². The first kappa shape index (κ1) is 33.9. The fourth-order valence-electron chi connectivity index (χ4n) is 7.90. The van der Waals surface area contributed by atoms with Crippen LogP contribution in [0.5, 0.6) is 0 Å². The molecule has 0 N–H and O–H groups in total. The second kappa shape index (κ2) is 14.9. The molecule has 0 saturated heterocycles. The van der Waals surface area contributed by atoms with Crippen molar-refractivity contribution in [1.29, 1.82) is 0 Å². The number of para-hydroxylation sites is 4. The van der Waals surface area contributed by atoms with Crippen LogP contribution in [0.4, 0.5) is 34.1 Å². The minimum absolute atomic E-state index is 0.896. The van der Waals surface area contributed by atoms with Gasteiger partial charge in [0.2, 0.25) is 0 Å². The van der Waals surface area contributed by atoms with E-state index in [1.54, 1.807) is 0 Å². The second-order valence-corrected chi connectivity index (χ2v) is 14.2. The minimum atomic E-state index is 0.896. The Morgan fingerprint density at radius 2 is 0.737 bits per heavy atom. The highest BCUT2D eigenvalue weighted by Crippen LogP contribution is 2.43. The van der Waals surface area contributed by atoms with Crippen molar-refractivity contribution in [2.24, 2.45) is 0 Å². The van der Waals surface area contributed by atoms with E-state index < -0.39 is 0 Å². The van der Waals surface area contributed by atoms with Crippen molar-refractivity contribution in [2.45, 2.75) is 0 Å². The molecular weight excluding hydrogens is 693 g/mol. The molecule has 3 heteroatoms. The van der Waals surface area contributed by atoms with Crippen molar-refractivity contribution >= 4 is 56.1 Å². The van der Waals surface area contributed by atoms with Crippen LogP contribution >= 0.6 is 0 Å². The van der Waals surface area contributed by atoms with E-state index in [4.69, 9.17) is 4.42 Å². The van der Waals surface area contributed by atoms with Gasteiger partial charge in [-0.1, -0.05) is 146 Å². The Balaban J connectivity index is 1.07. The molecule has 0 aliphatic heterocycles. The largest absolute Gasteiger partial charge is 0.456 e. The number of hydrogen-bond acceptors (Lipinski definition) is 3. The molecule has 3 nitrogen and oxygen atoms in total. The van der Waals surface area contributed by atoms with Gasteiger partial charge in [0.15, 0.2) is 0 Å². The molecular formula is C54H38N2O. The zero-order valence-corrected chi connectivity index (χ0v) is 31.2. The Bertz CT molecular complexity index is 2900. The van der Waals surface area contributed by atoms with Gasteiger partial charge in [-0.05, 0) is 113 Å². The molecule has 0 aliphatic rings. The van der Waals surface area contributed by atoms with Crippen LogP contribution in [0.1, 0.15) is 0 Å². The van der Waals surface area contributed by atoms with Gasteiger partial charge in [-0.15, -0.1) is 0 Å². The Morgan fingerprint density at radius 1 is 0.263 bits per heavy atom. The summed E-state index contributed by atoms with van der Waals surface area (Å²) >= 11 is 0. The van der Waals surface area contributed by atoms with E-state index >= 15 is 0 Å². The van der Waals surface area contributed by atoms with E-state index in [0.29, 0.717) is 0 Å². The monoisotopic (exact) mass is 730 g/mol. The molecule has 1 heterocycles. The normalized spacial score (nSPS) is 11.2. The number of benzene rings is 9. The first-order valence-electron chi connectivity index (χ1n) is 19.3. The summed E-state index contributed by atoms with van der Waals surface area (Å²) in [4.78, 5) is 4.68. The van der Waals surface area contributed by atoms with Crippen LogP contribution in [0.2, 0.25) is 0 Å². The molecule has 0 amide bonds. The second-order valence-electron chi connectivity index (χ2n) is 14.2. The fourth-order valence-corrected chi connectivity index (χ4v) is 7.90. The van der Waals surface area contributed by atoms with Gasteiger partial charge in [-0.2, -0.15) is 0 Å². The lowest BCUT2D eigenvalue weighted by atomic mass is 10.00. The van der Waals surface area contributed by atoms with Gasteiger partial charge < -0.3 is 14.2 Å². The molecule has 0 aliphatic carbocycles. The van der Waals surface area contributed by atoms with Crippen molar-refractivity contribution < 1.29 is 4.42 Å². The molecule has 9 aromatic carbocycles. The Labute approximate surface area is 333 Å². The predicted molar refractivity (Wildman–Crippen MR) is 239 cm³/mol. The van der Waals surface area contributed by atoms with Crippen LogP contribution in [-0.4, -0.2) is 0 Å². The third-order valence-corrected chi connectivity index (χ3v) is 10.7. The average molecular weight is 731 g/mol. The number of anilines is 6. The van der Waals surface area contributed by atoms with Crippen molar-refractivity contribution in [3.63, 3.8) is 0 Å². The van der Waals surface area contributed by atoms with E-state index in [-0.39, 0.29) is 0 Å². The summed E-state index contributed by atoms with van der Waals surface area (Å²) < 4.78 is 6.24. The zero-order chi connectivity index (χ0) is 38.0. The summed E-state index contributed by atoms with van der Waals surface area (Å²) in [6.45, 7) is 0. The van der Waals surface area contributed by atoms with E-state index in [2.05, 4.69) is 228 Å². The highest BCUT2D eigenvalue weighted by Gasteiger charge is 2.19. The lowest BCUT2D eigenvalue weighted by Gasteiger charge is -2.29. The summed E-state index contributed by atoms with van der Waals surface area (Å²) in [6, 6.07) is 81.7. The van der Waals surface area contributed by atoms with E-state index in [9.17, 15) is 0 Å². The van der Waals surface area contributed by atoms with E-state index in [1.165, 1.54) is 11.1 Å². The lowest BCUT2D eigenvalue weighted by Crippen LogP contribution is -2.11. The topological polar surface area (TPSA) is 19.6 Å². The molecule has 0 atom stereocenters. The van der Waals surface area contributed by atoms with Crippen LogP contribution in [0.25, 0.3) is 55.3 Å². The highest BCUT2D eigenvalue weighted by atomic mass is 16.3. The molecule has 0 radical (unpaired) electrons. The van der Waals surface area contributed by atoms with Gasteiger partial charge in [0.1, 0.15) is 11.2 Å². The van der Waals surface area contributed by atoms with E-state index in [1.807, 2.05) is 12.1 Å². The fraction of sp³-hybridized carbons (Fsp3) is 0. The standard InChI is InChI=1S/C54H38N2O/c1-4-15-39(16-5-1)40-27-32-46(33-28-40)55(47-34-29-41(30-35-47)42-31-36-51-50-24-11-13-26-53(50)57-54(51)38-42)48-22-14-17-43(37-48)49-23-10-12-25-52(49)56(44-18-6-2-7-19-44)45-20-8-3-9-21-45/h1-38H. The van der Waals surface area contributed by atoms with Gasteiger partial charge in [0, 0.05) is 44.8 Å². The molecule has 57 heavy (non-hydrogen) atoms. The SMILES string of the molecule is c1ccc(-c2ccc(N(c3ccc(-c4ccc5c(c4)oc4ccccc45)cc3)c3cccc(-c4ccccc4N(c4ccccc4)c4ccccc4)c3)cc2)cc1. The summed E-state index contributed by atoms with van der Waals surface area (Å²) in [7, 11) is 0. The first-order valence-corrected chi connectivity index (χ1v) is 19.3. The van der Waals surface area contributed by atoms with Crippen LogP contribution < -0.4 is 9.80 Å². The van der Waals surface area contributed by atoms with Crippen molar-refractivity contribution in [1.82, 2.24) is 0 Å². The molecule has 270 valence electrons. The molecule has 0 bridgehead atoms.